The molecule has 20 heavy (non-hydrogen) atoms. The number of rotatable bonds is 3. The molecule has 0 saturated carbocycles. The van der Waals surface area contributed by atoms with Crippen LogP contribution in [0.15, 0.2) is 42.5 Å². The fraction of sp³-hybridized carbons (Fsp3) is 0.143. The van der Waals surface area contributed by atoms with Crippen LogP contribution >= 0.6 is 38.5 Å². The van der Waals surface area contributed by atoms with Gasteiger partial charge in [-0.05, 0) is 64.6 Å². The van der Waals surface area contributed by atoms with Crippen LogP contribution in [0.1, 0.15) is 11.1 Å². The summed E-state index contributed by atoms with van der Waals surface area (Å²) in [6.45, 7) is 0. The molecule has 0 fully saturated rings. The normalized spacial score (nSPS) is 11.4. The molecule has 0 spiro atoms. The van der Waals surface area contributed by atoms with Crippen molar-refractivity contribution in [3.8, 4) is 11.5 Å². The van der Waals surface area contributed by atoms with Gasteiger partial charge in [0.15, 0.2) is 0 Å². The van der Waals surface area contributed by atoms with E-state index in [4.69, 9.17) is 4.74 Å². The molecule has 2 aromatic carbocycles. The molecule has 106 valence electrons. The van der Waals surface area contributed by atoms with Crippen LogP contribution in [-0.2, 0) is 11.5 Å². The average molecular weight is 457 g/mol. The molecule has 0 aliphatic rings. The molecule has 0 radical (unpaired) electrons. The number of ether oxygens (including phenoxy) is 1. The second-order valence-electron chi connectivity index (χ2n) is 4.02. The topological polar surface area (TPSA) is 9.23 Å². The largest absolute Gasteiger partial charge is 0.457 e. The maximum Gasteiger partial charge on any atom is 0.419 e. The zero-order valence-electron chi connectivity index (χ0n) is 10.0. The third-order valence-electron chi connectivity index (χ3n) is 2.55. The van der Waals surface area contributed by atoms with Crippen LogP contribution in [0.4, 0.5) is 13.2 Å². The zero-order chi connectivity index (χ0) is 14.8. The number of hydrogen-bond acceptors (Lipinski definition) is 1. The molecule has 0 aliphatic heterocycles. The molecule has 0 amide bonds. The summed E-state index contributed by atoms with van der Waals surface area (Å²) < 4.78 is 45.4. The van der Waals surface area contributed by atoms with Crippen LogP contribution in [0.3, 0.4) is 0 Å². The quantitative estimate of drug-likeness (QED) is 0.406. The van der Waals surface area contributed by atoms with Crippen molar-refractivity contribution in [1.82, 2.24) is 0 Å². The van der Waals surface area contributed by atoms with E-state index in [0.717, 1.165) is 9.64 Å². The molecule has 2 rings (SSSR count). The second-order valence-corrected chi connectivity index (χ2v) is 5.82. The maximum atomic E-state index is 13.0. The Hall–Kier alpha value is -0.760. The molecule has 0 bridgehead atoms. The Morgan fingerprint density at radius 3 is 2.25 bits per heavy atom. The molecule has 0 aliphatic carbocycles. The Balaban J connectivity index is 2.38. The van der Waals surface area contributed by atoms with Crippen molar-refractivity contribution in [3.05, 3.63) is 57.2 Å². The van der Waals surface area contributed by atoms with Gasteiger partial charge in [0.2, 0.25) is 0 Å². The summed E-state index contributed by atoms with van der Waals surface area (Å²) in [7, 11) is 0. The van der Waals surface area contributed by atoms with Crippen LogP contribution in [0.25, 0.3) is 0 Å². The van der Waals surface area contributed by atoms with Crippen LogP contribution in [0, 0.1) is 3.57 Å². The van der Waals surface area contributed by atoms with Crippen molar-refractivity contribution in [1.29, 1.82) is 0 Å². The lowest BCUT2D eigenvalue weighted by molar-refractivity contribution is -0.138. The molecule has 0 heterocycles. The molecular weight excluding hydrogens is 448 g/mol. The summed E-state index contributed by atoms with van der Waals surface area (Å²) >= 11 is 5.26. The van der Waals surface area contributed by atoms with E-state index in [1.165, 1.54) is 6.07 Å². The highest BCUT2D eigenvalue weighted by molar-refractivity contribution is 14.1. The van der Waals surface area contributed by atoms with Gasteiger partial charge in [0.05, 0.1) is 5.56 Å². The summed E-state index contributed by atoms with van der Waals surface area (Å²) in [6.07, 6.45) is -4.45. The lowest BCUT2D eigenvalue weighted by atomic mass is 10.1. The van der Waals surface area contributed by atoms with E-state index in [9.17, 15) is 13.2 Å². The first-order chi connectivity index (χ1) is 9.40. The molecule has 1 nitrogen and oxygen atoms in total. The number of hydrogen-bond donors (Lipinski definition) is 0. The summed E-state index contributed by atoms with van der Waals surface area (Å²) in [5.41, 5.74) is -0.222. The molecule has 0 unspecified atom stereocenters. The van der Waals surface area contributed by atoms with Gasteiger partial charge in [0.25, 0.3) is 0 Å². The predicted molar refractivity (Wildman–Crippen MR) is 83.3 cm³/mol. The summed E-state index contributed by atoms with van der Waals surface area (Å²) in [5, 5.41) is 0.361. The molecule has 6 heteroatoms. The van der Waals surface area contributed by atoms with Crippen molar-refractivity contribution in [2.24, 2.45) is 0 Å². The minimum Gasteiger partial charge on any atom is -0.457 e. The highest BCUT2D eigenvalue weighted by Gasteiger charge is 2.34. The lowest BCUT2D eigenvalue weighted by Crippen LogP contribution is -2.07. The summed E-state index contributed by atoms with van der Waals surface area (Å²) in [5.74, 6) is 0.186. The standard InChI is InChI=1S/C14H9BrF3IO/c15-8-9-1-6-13(12(7-9)14(16,17)18)20-11-4-2-10(19)3-5-11/h1-7H,8H2. The van der Waals surface area contributed by atoms with Gasteiger partial charge in [-0.1, -0.05) is 22.0 Å². The monoisotopic (exact) mass is 456 g/mol. The minimum atomic E-state index is -4.45. The Bertz CT molecular complexity index is 596. The number of halogens is 5. The summed E-state index contributed by atoms with van der Waals surface area (Å²) in [4.78, 5) is 0. The van der Waals surface area contributed by atoms with Crippen LogP contribution in [0.5, 0.6) is 11.5 Å². The van der Waals surface area contributed by atoms with E-state index in [1.807, 2.05) is 0 Å². The maximum absolute atomic E-state index is 13.0. The van der Waals surface area contributed by atoms with Gasteiger partial charge in [-0.15, -0.1) is 0 Å². The first-order valence-corrected chi connectivity index (χ1v) is 7.79. The minimum absolute atomic E-state index is 0.191. The van der Waals surface area contributed by atoms with Crippen molar-refractivity contribution >= 4 is 38.5 Å². The highest BCUT2D eigenvalue weighted by Crippen LogP contribution is 2.39. The predicted octanol–water partition coefficient (Wildman–Crippen LogP) is 6.00. The van der Waals surface area contributed by atoms with Gasteiger partial charge in [0.1, 0.15) is 11.5 Å². The first-order valence-electron chi connectivity index (χ1n) is 5.59. The smallest absolute Gasteiger partial charge is 0.419 e. The van der Waals surface area contributed by atoms with E-state index in [-0.39, 0.29) is 5.75 Å². The van der Waals surface area contributed by atoms with Gasteiger partial charge in [-0.3, -0.25) is 0 Å². The summed E-state index contributed by atoms with van der Waals surface area (Å²) in [6, 6.07) is 10.9. The molecule has 0 atom stereocenters. The second kappa shape index (κ2) is 6.34. The van der Waals surface area contributed by atoms with Gasteiger partial charge < -0.3 is 4.74 Å². The van der Waals surface area contributed by atoms with Crippen molar-refractivity contribution in [3.63, 3.8) is 0 Å². The van der Waals surface area contributed by atoms with E-state index >= 15 is 0 Å². The van der Waals surface area contributed by atoms with Crippen LogP contribution in [-0.4, -0.2) is 0 Å². The SMILES string of the molecule is FC(F)(F)c1cc(CBr)ccc1Oc1ccc(I)cc1. The molecule has 0 aromatic heterocycles. The van der Waals surface area contributed by atoms with Gasteiger partial charge in [0, 0.05) is 8.90 Å². The molecular formula is C14H9BrF3IO. The van der Waals surface area contributed by atoms with Crippen molar-refractivity contribution in [2.45, 2.75) is 11.5 Å². The van der Waals surface area contributed by atoms with Gasteiger partial charge in [-0.25, -0.2) is 0 Å². The van der Waals surface area contributed by atoms with Crippen molar-refractivity contribution < 1.29 is 17.9 Å². The highest BCUT2D eigenvalue weighted by atomic mass is 127. The molecule has 2 aromatic rings. The zero-order valence-corrected chi connectivity index (χ0v) is 13.8. The third kappa shape index (κ3) is 3.88. The van der Waals surface area contributed by atoms with Gasteiger partial charge in [-0.2, -0.15) is 13.2 Å². The van der Waals surface area contributed by atoms with Crippen molar-refractivity contribution in [2.75, 3.05) is 0 Å². The van der Waals surface area contributed by atoms with E-state index in [2.05, 4.69) is 38.5 Å². The van der Waals surface area contributed by atoms with Crippen LogP contribution < -0.4 is 4.74 Å². The molecule has 0 N–H and O–H groups in total. The Kier molecular flexibility index (Phi) is 4.95. The number of benzene rings is 2. The Morgan fingerprint density at radius 1 is 1.05 bits per heavy atom. The molecule has 0 saturated heterocycles. The fourth-order valence-corrected chi connectivity index (χ4v) is 2.31. The van der Waals surface area contributed by atoms with E-state index < -0.39 is 11.7 Å². The van der Waals surface area contributed by atoms with E-state index in [0.29, 0.717) is 16.6 Å². The fourth-order valence-electron chi connectivity index (χ4n) is 1.60. The first kappa shape index (κ1) is 15.6. The third-order valence-corrected chi connectivity index (χ3v) is 3.91. The van der Waals surface area contributed by atoms with E-state index in [1.54, 1.807) is 30.3 Å². The Morgan fingerprint density at radius 2 is 1.70 bits per heavy atom. The van der Waals surface area contributed by atoms with Gasteiger partial charge >= 0.3 is 6.18 Å². The Labute approximate surface area is 136 Å². The lowest BCUT2D eigenvalue weighted by Gasteiger charge is -2.14. The van der Waals surface area contributed by atoms with Crippen LogP contribution in [0.2, 0.25) is 0 Å². The number of alkyl halides is 4. The average Bonchev–Trinajstić information content (AvgIpc) is 2.40.